The molecule has 4 aliphatic rings. The van der Waals surface area contributed by atoms with Crippen LogP contribution in [-0.4, -0.2) is 27.7 Å². The number of Topliss-reactive ketones (excluding diaryl/α,β-unsaturated/α-hetero) is 1. The molecule has 0 radical (unpaired) electrons. The van der Waals surface area contributed by atoms with Gasteiger partial charge in [0.25, 0.3) is 0 Å². The molecule has 0 aromatic carbocycles. The van der Waals surface area contributed by atoms with Crippen molar-refractivity contribution in [1.29, 1.82) is 0 Å². The topological polar surface area (TPSA) is 57.5 Å². The van der Waals surface area contributed by atoms with E-state index >= 15 is 0 Å². The summed E-state index contributed by atoms with van der Waals surface area (Å²) in [6.07, 6.45) is 9.15. The van der Waals surface area contributed by atoms with Gasteiger partial charge >= 0.3 is 0 Å². The molecule has 3 nitrogen and oxygen atoms in total. The van der Waals surface area contributed by atoms with Gasteiger partial charge in [0.2, 0.25) is 0 Å². The molecule has 0 aromatic heterocycles. The highest BCUT2D eigenvalue weighted by atomic mass is 16.3. The molecular weight excluding hydrogens is 312 g/mol. The lowest BCUT2D eigenvalue weighted by atomic mass is 9.46. The van der Waals surface area contributed by atoms with Crippen LogP contribution in [0.3, 0.4) is 0 Å². The third-order valence-corrected chi connectivity index (χ3v) is 9.20. The maximum atomic E-state index is 12.4. The van der Waals surface area contributed by atoms with Crippen LogP contribution in [0.15, 0.2) is 11.6 Å². The van der Waals surface area contributed by atoms with E-state index in [1.54, 1.807) is 6.92 Å². The molecule has 0 heterocycles. The SMILES string of the molecule is CC(=O)[C@@]1(O)[C@H](C)C[C@@H]2[C@@H]3CC=C4C[C@H](O)CC[C@]4(C)[C@H]3CC[C@]21C. The molecule has 0 spiro atoms. The zero-order valence-corrected chi connectivity index (χ0v) is 16.2. The van der Waals surface area contributed by atoms with Crippen LogP contribution >= 0.6 is 0 Å². The van der Waals surface area contributed by atoms with Gasteiger partial charge in [0.15, 0.2) is 5.78 Å². The first kappa shape index (κ1) is 17.7. The minimum Gasteiger partial charge on any atom is -0.393 e. The Morgan fingerprint density at radius 1 is 1.20 bits per heavy atom. The fourth-order valence-electron chi connectivity index (χ4n) is 7.73. The Morgan fingerprint density at radius 2 is 1.92 bits per heavy atom. The predicted octanol–water partition coefficient (Wildman–Crippen LogP) is 3.88. The number of carbonyl (C=O) groups is 1. The van der Waals surface area contributed by atoms with Crippen molar-refractivity contribution < 1.29 is 15.0 Å². The Bertz CT molecular complexity index is 625. The van der Waals surface area contributed by atoms with E-state index in [-0.39, 0.29) is 28.6 Å². The van der Waals surface area contributed by atoms with E-state index in [2.05, 4.69) is 26.8 Å². The molecule has 0 aliphatic heterocycles. The predicted molar refractivity (Wildman–Crippen MR) is 97.9 cm³/mol. The molecule has 0 bridgehead atoms. The monoisotopic (exact) mass is 346 g/mol. The molecule has 4 rings (SSSR count). The molecule has 3 heteroatoms. The van der Waals surface area contributed by atoms with E-state index in [0.29, 0.717) is 17.8 Å². The summed E-state index contributed by atoms with van der Waals surface area (Å²) in [6.45, 7) is 8.26. The second-order valence-electron chi connectivity index (χ2n) is 10.1. The van der Waals surface area contributed by atoms with Gasteiger partial charge in [0.05, 0.1) is 6.10 Å². The van der Waals surface area contributed by atoms with Crippen molar-refractivity contribution >= 4 is 5.78 Å². The van der Waals surface area contributed by atoms with Crippen molar-refractivity contribution in [2.45, 2.75) is 84.3 Å². The summed E-state index contributed by atoms with van der Waals surface area (Å²) >= 11 is 0. The van der Waals surface area contributed by atoms with Crippen LogP contribution in [0.1, 0.15) is 72.6 Å². The number of hydrogen-bond acceptors (Lipinski definition) is 3. The molecule has 0 aromatic rings. The average Bonchev–Trinajstić information content (AvgIpc) is 2.77. The molecule has 0 unspecified atom stereocenters. The smallest absolute Gasteiger partial charge is 0.162 e. The highest BCUT2D eigenvalue weighted by Crippen LogP contribution is 2.68. The normalized spacial score (nSPS) is 55.0. The summed E-state index contributed by atoms with van der Waals surface area (Å²) < 4.78 is 0. The van der Waals surface area contributed by atoms with Crippen molar-refractivity contribution in [2.24, 2.45) is 34.5 Å². The number of hydrogen-bond donors (Lipinski definition) is 2. The Morgan fingerprint density at radius 3 is 2.60 bits per heavy atom. The van der Waals surface area contributed by atoms with Crippen LogP contribution in [0.2, 0.25) is 0 Å². The van der Waals surface area contributed by atoms with Gasteiger partial charge in [-0.25, -0.2) is 0 Å². The van der Waals surface area contributed by atoms with Gasteiger partial charge in [-0.05, 0) is 81.0 Å². The summed E-state index contributed by atoms with van der Waals surface area (Å²) in [6, 6.07) is 0. The van der Waals surface area contributed by atoms with Crippen LogP contribution in [0.5, 0.6) is 0 Å². The molecule has 3 fully saturated rings. The fourth-order valence-corrected chi connectivity index (χ4v) is 7.73. The van der Waals surface area contributed by atoms with Gasteiger partial charge in [0, 0.05) is 5.41 Å². The first-order chi connectivity index (χ1) is 11.6. The summed E-state index contributed by atoms with van der Waals surface area (Å²) in [5, 5.41) is 21.5. The summed E-state index contributed by atoms with van der Waals surface area (Å²) in [7, 11) is 0. The van der Waals surface area contributed by atoms with Crippen molar-refractivity contribution in [3.8, 4) is 0 Å². The Kier molecular flexibility index (Phi) is 3.84. The largest absolute Gasteiger partial charge is 0.393 e. The molecular formula is C22H34O3. The molecule has 140 valence electrons. The third-order valence-electron chi connectivity index (χ3n) is 9.20. The van der Waals surface area contributed by atoms with Crippen LogP contribution < -0.4 is 0 Å². The van der Waals surface area contributed by atoms with E-state index in [1.165, 1.54) is 5.57 Å². The Balaban J connectivity index is 1.72. The zero-order chi connectivity index (χ0) is 18.2. The number of carbonyl (C=O) groups excluding carboxylic acids is 1. The maximum Gasteiger partial charge on any atom is 0.162 e. The van der Waals surface area contributed by atoms with Gasteiger partial charge in [-0.3, -0.25) is 4.79 Å². The van der Waals surface area contributed by atoms with Crippen molar-refractivity contribution in [3.63, 3.8) is 0 Å². The average molecular weight is 347 g/mol. The number of aliphatic hydroxyl groups excluding tert-OH is 1. The maximum absolute atomic E-state index is 12.4. The van der Waals surface area contributed by atoms with Gasteiger partial charge in [-0.1, -0.05) is 32.4 Å². The fraction of sp³-hybridized carbons (Fsp3) is 0.864. The summed E-state index contributed by atoms with van der Waals surface area (Å²) in [4.78, 5) is 12.4. The van der Waals surface area contributed by atoms with Gasteiger partial charge in [-0.15, -0.1) is 0 Å². The van der Waals surface area contributed by atoms with Gasteiger partial charge in [-0.2, -0.15) is 0 Å². The number of allylic oxidation sites excluding steroid dienone is 1. The molecule has 3 saturated carbocycles. The van der Waals surface area contributed by atoms with Gasteiger partial charge in [0.1, 0.15) is 5.60 Å². The number of aliphatic hydroxyl groups is 2. The van der Waals surface area contributed by atoms with Crippen LogP contribution in [-0.2, 0) is 4.79 Å². The summed E-state index contributed by atoms with van der Waals surface area (Å²) in [5.41, 5.74) is 0.249. The van der Waals surface area contributed by atoms with E-state index in [4.69, 9.17) is 0 Å². The second-order valence-corrected chi connectivity index (χ2v) is 10.1. The lowest BCUT2D eigenvalue weighted by Gasteiger charge is -2.58. The molecule has 8 atom stereocenters. The first-order valence-corrected chi connectivity index (χ1v) is 10.3. The molecule has 25 heavy (non-hydrogen) atoms. The molecule has 4 aliphatic carbocycles. The lowest BCUT2D eigenvalue weighted by Crippen LogP contribution is -2.58. The number of rotatable bonds is 1. The van der Waals surface area contributed by atoms with Crippen molar-refractivity contribution in [1.82, 2.24) is 0 Å². The summed E-state index contributed by atoms with van der Waals surface area (Å²) in [5.74, 6) is 1.64. The molecule has 0 amide bonds. The van der Waals surface area contributed by atoms with E-state index in [0.717, 1.165) is 44.9 Å². The highest BCUT2D eigenvalue weighted by Gasteiger charge is 2.67. The zero-order valence-electron chi connectivity index (χ0n) is 16.2. The first-order valence-electron chi connectivity index (χ1n) is 10.3. The third kappa shape index (κ3) is 2.09. The van der Waals surface area contributed by atoms with Crippen molar-refractivity contribution in [2.75, 3.05) is 0 Å². The Labute approximate surface area is 151 Å². The Hall–Kier alpha value is -0.670. The van der Waals surface area contributed by atoms with Crippen molar-refractivity contribution in [3.05, 3.63) is 11.6 Å². The van der Waals surface area contributed by atoms with E-state index in [1.807, 2.05) is 0 Å². The molecule has 0 saturated heterocycles. The lowest BCUT2D eigenvalue weighted by molar-refractivity contribution is -0.165. The number of fused-ring (bicyclic) bond motifs is 5. The standard InChI is InChI=1S/C22H34O3/c1-13-11-19-17-6-5-15-12-16(24)7-9-20(15,3)18(17)8-10-21(19,4)22(13,25)14(2)23/h5,13,16-19,24-25H,6-12H2,1-4H3/t13-,16-,17-,18+,19-,20+,21-,22+/m1/s1. The van der Waals surface area contributed by atoms with Crippen LogP contribution in [0.4, 0.5) is 0 Å². The minimum absolute atomic E-state index is 0.0394. The van der Waals surface area contributed by atoms with E-state index < -0.39 is 5.60 Å². The van der Waals surface area contributed by atoms with Crippen LogP contribution in [0, 0.1) is 34.5 Å². The quantitative estimate of drug-likeness (QED) is 0.709. The molecule has 2 N–H and O–H groups in total. The van der Waals surface area contributed by atoms with Gasteiger partial charge < -0.3 is 10.2 Å². The second kappa shape index (κ2) is 5.42. The van der Waals surface area contributed by atoms with Crippen LogP contribution in [0.25, 0.3) is 0 Å². The highest BCUT2D eigenvalue weighted by molar-refractivity contribution is 5.86. The number of ketones is 1. The minimum atomic E-state index is -1.16. The van der Waals surface area contributed by atoms with E-state index in [9.17, 15) is 15.0 Å².